The van der Waals surface area contributed by atoms with Crippen molar-refractivity contribution in [3.8, 4) is 0 Å². The van der Waals surface area contributed by atoms with Crippen LogP contribution in [-0.4, -0.2) is 35.1 Å². The van der Waals surface area contributed by atoms with Gasteiger partial charge in [-0.2, -0.15) is 0 Å². The van der Waals surface area contributed by atoms with Crippen LogP contribution in [0.15, 0.2) is 48.5 Å². The number of carbonyl (C=O) groups excluding carboxylic acids is 2. The first-order valence-electron chi connectivity index (χ1n) is 9.78. The first-order valence-corrected chi connectivity index (χ1v) is 9.78. The molecule has 0 saturated heterocycles. The number of benzene rings is 2. The van der Waals surface area contributed by atoms with Gasteiger partial charge in [0.05, 0.1) is 24.9 Å². The predicted molar refractivity (Wildman–Crippen MR) is 116 cm³/mol. The summed E-state index contributed by atoms with van der Waals surface area (Å²) >= 11 is 0. The minimum Gasteiger partial charge on any atom is -0.467 e. The summed E-state index contributed by atoms with van der Waals surface area (Å²) in [6, 6.07) is 12.0. The van der Waals surface area contributed by atoms with E-state index in [0.29, 0.717) is 17.2 Å². The lowest BCUT2D eigenvalue weighted by atomic mass is 10.0. The number of ether oxygens (including phenoxy) is 1. The normalized spacial score (nSPS) is 11.8. The van der Waals surface area contributed by atoms with Crippen molar-refractivity contribution in [2.45, 2.75) is 26.4 Å². The molecule has 1 atom stereocenters. The standard InChI is InChI=1S/C22H24FN5O3/c1-13(2)19(21(29)31-3)28-20-14-8-4-6-10-16(14)25-18(27-20)12-24-22(30)26-17-11-7-5-9-15(17)23/h4-11,13,19H,12H2,1-3H3,(H2,24,26,30)(H,25,27,28)/t19-/m0/s1. The molecule has 0 saturated carbocycles. The number of anilines is 2. The predicted octanol–water partition coefficient (Wildman–Crippen LogP) is 3.70. The maximum atomic E-state index is 13.7. The van der Waals surface area contributed by atoms with Gasteiger partial charge in [-0.1, -0.05) is 38.1 Å². The highest BCUT2D eigenvalue weighted by atomic mass is 19.1. The number of para-hydroxylation sites is 2. The minimum absolute atomic E-state index is 0.00434. The maximum Gasteiger partial charge on any atom is 0.328 e. The highest BCUT2D eigenvalue weighted by Crippen LogP contribution is 2.22. The number of halogens is 1. The lowest BCUT2D eigenvalue weighted by molar-refractivity contribution is -0.142. The molecule has 0 spiro atoms. The first kappa shape index (κ1) is 21.9. The smallest absolute Gasteiger partial charge is 0.328 e. The van der Waals surface area contributed by atoms with Crippen LogP contribution < -0.4 is 16.0 Å². The van der Waals surface area contributed by atoms with E-state index in [1.165, 1.54) is 25.3 Å². The summed E-state index contributed by atoms with van der Waals surface area (Å²) in [5.41, 5.74) is 0.721. The number of rotatable bonds is 7. The molecular formula is C22H24FN5O3. The molecule has 0 aliphatic rings. The Labute approximate surface area is 179 Å². The Morgan fingerprint density at radius 3 is 2.48 bits per heavy atom. The topological polar surface area (TPSA) is 105 Å². The number of nitrogens with one attached hydrogen (secondary N) is 3. The molecular weight excluding hydrogens is 401 g/mol. The molecule has 0 radical (unpaired) electrons. The van der Waals surface area contributed by atoms with Gasteiger partial charge in [0.1, 0.15) is 17.7 Å². The summed E-state index contributed by atoms with van der Waals surface area (Å²) in [6.07, 6.45) is 0. The SMILES string of the molecule is COC(=O)[C@@H](Nc1nc(CNC(=O)Nc2ccccc2F)nc2ccccc12)C(C)C. The number of urea groups is 1. The molecule has 3 aromatic rings. The number of hydrogen-bond donors (Lipinski definition) is 3. The highest BCUT2D eigenvalue weighted by molar-refractivity contribution is 5.91. The van der Waals surface area contributed by atoms with Crippen LogP contribution in [-0.2, 0) is 16.1 Å². The lowest BCUT2D eigenvalue weighted by Crippen LogP contribution is -2.36. The van der Waals surface area contributed by atoms with Crippen molar-refractivity contribution in [1.82, 2.24) is 15.3 Å². The van der Waals surface area contributed by atoms with Crippen molar-refractivity contribution in [2.75, 3.05) is 17.7 Å². The quantitative estimate of drug-likeness (QED) is 0.499. The number of fused-ring (bicyclic) bond motifs is 1. The molecule has 3 rings (SSSR count). The molecule has 0 aliphatic heterocycles. The lowest BCUT2D eigenvalue weighted by Gasteiger charge is -2.21. The molecule has 9 heteroatoms. The number of hydrogen-bond acceptors (Lipinski definition) is 6. The van der Waals surface area contributed by atoms with Crippen LogP contribution in [0.3, 0.4) is 0 Å². The zero-order valence-electron chi connectivity index (χ0n) is 17.5. The van der Waals surface area contributed by atoms with Gasteiger partial charge in [0, 0.05) is 5.39 Å². The Morgan fingerprint density at radius 1 is 1.06 bits per heavy atom. The van der Waals surface area contributed by atoms with Crippen LogP contribution in [0.4, 0.5) is 20.7 Å². The fourth-order valence-electron chi connectivity index (χ4n) is 2.97. The van der Waals surface area contributed by atoms with Gasteiger partial charge in [0.2, 0.25) is 0 Å². The number of amides is 2. The van der Waals surface area contributed by atoms with E-state index in [1.54, 1.807) is 6.07 Å². The molecule has 0 unspecified atom stereocenters. The summed E-state index contributed by atoms with van der Waals surface area (Å²) in [6.45, 7) is 3.80. The molecule has 8 nitrogen and oxygen atoms in total. The van der Waals surface area contributed by atoms with Crippen LogP contribution in [0.2, 0.25) is 0 Å². The van der Waals surface area contributed by atoms with Gasteiger partial charge in [-0.05, 0) is 30.2 Å². The van der Waals surface area contributed by atoms with Gasteiger partial charge < -0.3 is 20.7 Å². The molecule has 3 N–H and O–H groups in total. The highest BCUT2D eigenvalue weighted by Gasteiger charge is 2.24. The maximum absolute atomic E-state index is 13.7. The molecule has 2 amide bonds. The molecule has 2 aromatic carbocycles. The van der Waals surface area contributed by atoms with E-state index in [1.807, 2.05) is 38.1 Å². The molecule has 162 valence electrons. The van der Waals surface area contributed by atoms with Crippen molar-refractivity contribution in [2.24, 2.45) is 5.92 Å². The average Bonchev–Trinajstić information content (AvgIpc) is 2.76. The van der Waals surface area contributed by atoms with E-state index in [2.05, 4.69) is 25.9 Å². The van der Waals surface area contributed by atoms with E-state index in [0.717, 1.165) is 5.39 Å². The van der Waals surface area contributed by atoms with Gasteiger partial charge >= 0.3 is 12.0 Å². The molecule has 0 aliphatic carbocycles. The zero-order valence-corrected chi connectivity index (χ0v) is 17.5. The Balaban J connectivity index is 1.80. The zero-order chi connectivity index (χ0) is 22.4. The van der Waals surface area contributed by atoms with Crippen LogP contribution in [0, 0.1) is 11.7 Å². The van der Waals surface area contributed by atoms with E-state index in [4.69, 9.17) is 4.74 Å². The number of methoxy groups -OCH3 is 1. The number of carbonyl (C=O) groups is 2. The van der Waals surface area contributed by atoms with Crippen LogP contribution in [0.5, 0.6) is 0 Å². The molecule has 0 fully saturated rings. The van der Waals surface area contributed by atoms with Crippen molar-refractivity contribution < 1.29 is 18.7 Å². The summed E-state index contributed by atoms with van der Waals surface area (Å²) in [7, 11) is 1.33. The van der Waals surface area contributed by atoms with Gasteiger partial charge in [-0.15, -0.1) is 0 Å². The third kappa shape index (κ3) is 5.44. The van der Waals surface area contributed by atoms with Gasteiger partial charge in [0.15, 0.2) is 5.82 Å². The second kappa shape index (κ2) is 9.84. The number of esters is 1. The van der Waals surface area contributed by atoms with E-state index >= 15 is 0 Å². The summed E-state index contributed by atoms with van der Waals surface area (Å²) in [5, 5.41) is 8.94. The second-order valence-electron chi connectivity index (χ2n) is 7.18. The summed E-state index contributed by atoms with van der Waals surface area (Å²) in [4.78, 5) is 33.3. The largest absolute Gasteiger partial charge is 0.467 e. The summed E-state index contributed by atoms with van der Waals surface area (Å²) < 4.78 is 18.6. The van der Waals surface area contributed by atoms with Crippen LogP contribution in [0.1, 0.15) is 19.7 Å². The fraction of sp³-hybridized carbons (Fsp3) is 0.273. The van der Waals surface area contributed by atoms with Crippen molar-refractivity contribution in [3.05, 3.63) is 60.2 Å². The number of aromatic nitrogens is 2. The Morgan fingerprint density at radius 2 is 1.77 bits per heavy atom. The van der Waals surface area contributed by atoms with E-state index in [-0.39, 0.29) is 18.2 Å². The average molecular weight is 425 g/mol. The van der Waals surface area contributed by atoms with Gasteiger partial charge in [-0.3, -0.25) is 0 Å². The monoisotopic (exact) mass is 425 g/mol. The number of nitrogens with zero attached hydrogens (tertiary/aromatic N) is 2. The Kier molecular flexibility index (Phi) is 6.96. The first-order chi connectivity index (χ1) is 14.9. The van der Waals surface area contributed by atoms with E-state index < -0.39 is 23.9 Å². The van der Waals surface area contributed by atoms with Crippen LogP contribution in [0.25, 0.3) is 10.9 Å². The molecule has 1 heterocycles. The van der Waals surface area contributed by atoms with Gasteiger partial charge in [0.25, 0.3) is 0 Å². The fourth-order valence-corrected chi connectivity index (χ4v) is 2.97. The molecule has 0 bridgehead atoms. The Hall–Kier alpha value is -3.75. The third-order valence-corrected chi connectivity index (χ3v) is 4.59. The summed E-state index contributed by atoms with van der Waals surface area (Å²) in [5.74, 6) is -0.192. The Bertz CT molecular complexity index is 1090. The molecule has 1 aromatic heterocycles. The third-order valence-electron chi connectivity index (χ3n) is 4.59. The van der Waals surface area contributed by atoms with Crippen molar-refractivity contribution in [3.63, 3.8) is 0 Å². The van der Waals surface area contributed by atoms with Crippen LogP contribution >= 0.6 is 0 Å². The minimum atomic E-state index is -0.603. The van der Waals surface area contributed by atoms with Crippen molar-refractivity contribution >= 4 is 34.4 Å². The van der Waals surface area contributed by atoms with Crippen molar-refractivity contribution in [1.29, 1.82) is 0 Å². The van der Waals surface area contributed by atoms with Gasteiger partial charge in [-0.25, -0.2) is 23.9 Å². The second-order valence-corrected chi connectivity index (χ2v) is 7.18. The van der Waals surface area contributed by atoms with E-state index in [9.17, 15) is 14.0 Å². The molecule has 31 heavy (non-hydrogen) atoms.